The van der Waals surface area contributed by atoms with E-state index in [-0.39, 0.29) is 17.3 Å². The molecule has 1 atom stereocenters. The quantitative estimate of drug-likeness (QED) is 0.741. The first-order valence-corrected chi connectivity index (χ1v) is 7.13. The second-order valence-electron chi connectivity index (χ2n) is 5.15. The fraction of sp³-hybridized carbons (Fsp3) is 0.143. The molecule has 0 aliphatic carbocycles. The van der Waals surface area contributed by atoms with Crippen LogP contribution in [0.4, 0.5) is 24.8 Å². The normalized spacial score (nSPS) is 17.5. The maximum absolute atomic E-state index is 12.6. The van der Waals surface area contributed by atoms with Gasteiger partial charge in [-0.1, -0.05) is 5.17 Å². The van der Waals surface area contributed by atoms with E-state index in [1.807, 2.05) is 0 Å². The van der Waals surface area contributed by atoms with E-state index >= 15 is 0 Å². The number of anilines is 2. The molecular weight excluding hydrogens is 355 g/mol. The van der Waals surface area contributed by atoms with E-state index in [1.54, 1.807) is 0 Å². The lowest BCUT2D eigenvalue weighted by molar-refractivity contribution is -0.137. The minimum atomic E-state index is -4.49. The van der Waals surface area contributed by atoms with Crippen LogP contribution < -0.4 is 16.1 Å². The Hall–Kier alpha value is -3.25. The van der Waals surface area contributed by atoms with E-state index in [9.17, 15) is 23.2 Å². The molecule has 0 fully saturated rings. The van der Waals surface area contributed by atoms with Gasteiger partial charge in [0.25, 0.3) is 5.91 Å². The van der Waals surface area contributed by atoms with Gasteiger partial charge in [0, 0.05) is 12.4 Å². The first-order chi connectivity index (χ1) is 12.3. The third kappa shape index (κ3) is 3.55. The number of nitrogens with two attached hydrogens (primary N) is 1. The number of nitrogens with one attached hydrogen (secondary N) is 1. The molecule has 136 valence electrons. The zero-order chi connectivity index (χ0) is 18.9. The van der Waals surface area contributed by atoms with Gasteiger partial charge in [0.1, 0.15) is 23.5 Å². The van der Waals surface area contributed by atoms with Crippen LogP contribution in [-0.4, -0.2) is 37.4 Å². The average Bonchev–Trinajstić information content (AvgIpc) is 2.95. The van der Waals surface area contributed by atoms with Gasteiger partial charge in [0.2, 0.25) is 0 Å². The van der Waals surface area contributed by atoms with E-state index in [0.717, 1.165) is 17.1 Å². The van der Waals surface area contributed by atoms with Crippen molar-refractivity contribution in [1.29, 1.82) is 0 Å². The molecule has 1 aliphatic heterocycles. The Bertz CT molecular complexity index is 824. The van der Waals surface area contributed by atoms with Crippen LogP contribution >= 0.6 is 0 Å². The van der Waals surface area contributed by atoms with Gasteiger partial charge >= 0.3 is 6.18 Å². The minimum Gasteiger partial charge on any atom is -0.364 e. The molecule has 9 nitrogen and oxygen atoms in total. The SMILES string of the molecule is NC(=O)c1cnc(NC2C=CN(c3ccc(C(F)(F)F)cn3)N2O)cn1. The van der Waals surface area contributed by atoms with Crippen LogP contribution in [0.25, 0.3) is 0 Å². The number of nitrogens with zero attached hydrogens (tertiary/aromatic N) is 5. The lowest BCUT2D eigenvalue weighted by Crippen LogP contribution is -2.42. The van der Waals surface area contributed by atoms with Crippen molar-refractivity contribution < 1.29 is 23.2 Å². The van der Waals surface area contributed by atoms with E-state index in [2.05, 4.69) is 20.3 Å². The summed E-state index contributed by atoms with van der Waals surface area (Å²) in [4.78, 5) is 22.4. The van der Waals surface area contributed by atoms with Crippen molar-refractivity contribution in [1.82, 2.24) is 20.1 Å². The number of pyridine rings is 1. The number of aromatic nitrogens is 3. The predicted molar refractivity (Wildman–Crippen MR) is 82.4 cm³/mol. The number of carbonyl (C=O) groups is 1. The van der Waals surface area contributed by atoms with Crippen LogP contribution in [0.3, 0.4) is 0 Å². The summed E-state index contributed by atoms with van der Waals surface area (Å²) in [5, 5.41) is 14.8. The van der Waals surface area contributed by atoms with Crippen LogP contribution in [0.1, 0.15) is 16.1 Å². The predicted octanol–water partition coefficient (Wildman–Crippen LogP) is 1.37. The molecule has 0 spiro atoms. The lowest BCUT2D eigenvalue weighted by atomic mass is 10.3. The van der Waals surface area contributed by atoms with Gasteiger partial charge in [-0.2, -0.15) is 13.2 Å². The lowest BCUT2D eigenvalue weighted by Gasteiger charge is -2.27. The summed E-state index contributed by atoms with van der Waals surface area (Å²) in [6.45, 7) is 0. The number of hydrazine groups is 1. The highest BCUT2D eigenvalue weighted by molar-refractivity contribution is 5.90. The summed E-state index contributed by atoms with van der Waals surface area (Å²) < 4.78 is 37.7. The zero-order valence-corrected chi connectivity index (χ0v) is 12.9. The third-order valence-corrected chi connectivity index (χ3v) is 3.39. The van der Waals surface area contributed by atoms with Crippen molar-refractivity contribution in [3.63, 3.8) is 0 Å². The molecule has 1 amide bonds. The number of hydroxylamine groups is 1. The number of rotatable bonds is 4. The molecule has 2 aromatic heterocycles. The van der Waals surface area contributed by atoms with Crippen LogP contribution in [0.5, 0.6) is 0 Å². The molecule has 0 aromatic carbocycles. The fourth-order valence-corrected chi connectivity index (χ4v) is 2.10. The van der Waals surface area contributed by atoms with Crippen molar-refractivity contribution in [2.45, 2.75) is 12.3 Å². The number of halogens is 3. The number of amides is 1. The summed E-state index contributed by atoms with van der Waals surface area (Å²) >= 11 is 0. The second-order valence-corrected chi connectivity index (χ2v) is 5.15. The van der Waals surface area contributed by atoms with Gasteiger partial charge in [-0.25, -0.2) is 20.0 Å². The Morgan fingerprint density at radius 1 is 1.19 bits per heavy atom. The highest BCUT2D eigenvalue weighted by Crippen LogP contribution is 2.30. The Kier molecular flexibility index (Phi) is 4.44. The number of hydrogen-bond donors (Lipinski definition) is 3. The third-order valence-electron chi connectivity index (χ3n) is 3.39. The molecule has 2 aromatic rings. The van der Waals surface area contributed by atoms with E-state index in [0.29, 0.717) is 11.4 Å². The maximum atomic E-state index is 12.6. The molecule has 1 unspecified atom stereocenters. The molecule has 0 saturated carbocycles. The van der Waals surface area contributed by atoms with Crippen LogP contribution in [0.15, 0.2) is 43.0 Å². The highest BCUT2D eigenvalue weighted by atomic mass is 19.4. The van der Waals surface area contributed by atoms with Crippen LogP contribution in [-0.2, 0) is 6.18 Å². The molecule has 12 heteroatoms. The highest BCUT2D eigenvalue weighted by Gasteiger charge is 2.32. The Balaban J connectivity index is 1.69. The molecule has 4 N–H and O–H groups in total. The first kappa shape index (κ1) is 17.6. The number of primary amides is 1. The van der Waals surface area contributed by atoms with Gasteiger partial charge < -0.3 is 11.1 Å². The van der Waals surface area contributed by atoms with Gasteiger partial charge in [-0.05, 0) is 18.2 Å². The minimum absolute atomic E-state index is 0.0195. The summed E-state index contributed by atoms with van der Waals surface area (Å²) in [7, 11) is 0. The molecule has 3 heterocycles. The van der Waals surface area contributed by atoms with Crippen molar-refractivity contribution in [3.05, 3.63) is 54.3 Å². The van der Waals surface area contributed by atoms with Crippen molar-refractivity contribution in [2.75, 3.05) is 10.3 Å². The average molecular weight is 367 g/mol. The van der Waals surface area contributed by atoms with Crippen LogP contribution in [0, 0.1) is 0 Å². The molecule has 0 bridgehead atoms. The van der Waals surface area contributed by atoms with Crippen molar-refractivity contribution in [3.8, 4) is 0 Å². The summed E-state index contributed by atoms with van der Waals surface area (Å²) in [6, 6.07) is 1.99. The maximum Gasteiger partial charge on any atom is 0.417 e. The number of carbonyl (C=O) groups excluding carboxylic acids is 1. The van der Waals surface area contributed by atoms with Crippen LogP contribution in [0.2, 0.25) is 0 Å². The standard InChI is InChI=1S/C14H12F3N7O2/c15-14(16,17)8-1-2-11(21-5-8)23-4-3-12(24(23)26)22-10-7-19-9(6-20-10)13(18)25/h1-7,12,26H,(H2,18,25)(H,20,22). The van der Waals surface area contributed by atoms with E-state index in [4.69, 9.17) is 5.73 Å². The van der Waals surface area contributed by atoms with Crippen molar-refractivity contribution in [2.24, 2.45) is 5.73 Å². The topological polar surface area (TPSA) is 120 Å². The summed E-state index contributed by atoms with van der Waals surface area (Å²) in [5.74, 6) is -0.407. The fourth-order valence-electron chi connectivity index (χ4n) is 2.10. The molecule has 0 saturated heterocycles. The smallest absolute Gasteiger partial charge is 0.364 e. The van der Waals surface area contributed by atoms with E-state index < -0.39 is 23.8 Å². The summed E-state index contributed by atoms with van der Waals surface area (Å²) in [5.41, 5.74) is 4.15. The molecule has 1 aliphatic rings. The monoisotopic (exact) mass is 367 g/mol. The Morgan fingerprint density at radius 3 is 2.50 bits per heavy atom. The Morgan fingerprint density at radius 2 is 1.96 bits per heavy atom. The zero-order valence-electron chi connectivity index (χ0n) is 12.9. The molecule has 0 radical (unpaired) electrons. The van der Waals surface area contributed by atoms with E-state index in [1.165, 1.54) is 24.7 Å². The largest absolute Gasteiger partial charge is 0.417 e. The van der Waals surface area contributed by atoms with Gasteiger partial charge in [0.05, 0.1) is 18.0 Å². The molecule has 26 heavy (non-hydrogen) atoms. The van der Waals surface area contributed by atoms with Gasteiger partial charge in [0.15, 0.2) is 0 Å². The number of alkyl halides is 3. The van der Waals surface area contributed by atoms with Crippen molar-refractivity contribution >= 4 is 17.5 Å². The second kappa shape index (κ2) is 6.57. The Labute approximate surface area is 144 Å². The first-order valence-electron chi connectivity index (χ1n) is 7.13. The molecule has 3 rings (SSSR count). The number of hydrogen-bond acceptors (Lipinski definition) is 8. The van der Waals surface area contributed by atoms with Gasteiger partial charge in [-0.15, -0.1) is 0 Å². The summed E-state index contributed by atoms with van der Waals surface area (Å²) in [6.07, 6.45) is 0.743. The van der Waals surface area contributed by atoms with Gasteiger partial charge in [-0.3, -0.25) is 10.0 Å². The molecular formula is C14H12F3N7O2.